The maximum Gasteiger partial charge on any atom is 0.187 e. The molecule has 1 saturated carbocycles. The molecule has 2 fully saturated rings. The van der Waals surface area contributed by atoms with Crippen LogP contribution in [-0.4, -0.2) is 34.6 Å². The largest absolute Gasteiger partial charge is 0.352 e. The van der Waals surface area contributed by atoms with Gasteiger partial charge in [-0.15, -0.1) is 0 Å². The molecular formula is C12H16FN3S. The van der Waals surface area contributed by atoms with Crippen molar-refractivity contribution in [3.8, 4) is 0 Å². The molecule has 92 valence electrons. The topological polar surface area (TPSA) is 29.0 Å². The van der Waals surface area contributed by atoms with Gasteiger partial charge in [-0.3, -0.25) is 0 Å². The Morgan fingerprint density at radius 1 is 1.24 bits per heavy atom. The van der Waals surface area contributed by atoms with Gasteiger partial charge in [0.15, 0.2) is 11.6 Å². The summed E-state index contributed by atoms with van der Waals surface area (Å²) in [6.45, 7) is 1.78. The van der Waals surface area contributed by atoms with Crippen LogP contribution in [0.15, 0.2) is 6.33 Å². The Balaban J connectivity index is 1.87. The standard InChI is InChI=1S/C12H16FN3S/c13-10-11(9-2-1-3-9)14-8-15-12(10)16-4-6-17-7-5-16/h8-9H,1-7H2. The second kappa shape index (κ2) is 4.80. The minimum Gasteiger partial charge on any atom is -0.352 e. The van der Waals surface area contributed by atoms with E-state index in [0.29, 0.717) is 17.4 Å². The van der Waals surface area contributed by atoms with E-state index in [-0.39, 0.29) is 5.82 Å². The molecule has 0 unspecified atom stereocenters. The molecule has 0 N–H and O–H groups in total. The van der Waals surface area contributed by atoms with E-state index in [9.17, 15) is 4.39 Å². The van der Waals surface area contributed by atoms with Gasteiger partial charge in [0.1, 0.15) is 6.33 Å². The zero-order valence-corrected chi connectivity index (χ0v) is 10.5. The highest BCUT2D eigenvalue weighted by atomic mass is 32.2. The van der Waals surface area contributed by atoms with Gasteiger partial charge in [0.2, 0.25) is 0 Å². The van der Waals surface area contributed by atoms with E-state index in [1.165, 1.54) is 12.7 Å². The molecule has 1 saturated heterocycles. The number of aromatic nitrogens is 2. The molecule has 1 aromatic rings. The van der Waals surface area contributed by atoms with E-state index >= 15 is 0 Å². The molecule has 3 nitrogen and oxygen atoms in total. The highest BCUT2D eigenvalue weighted by Crippen LogP contribution is 2.37. The SMILES string of the molecule is Fc1c(C2CCC2)ncnc1N1CCSCC1. The van der Waals surface area contributed by atoms with Gasteiger partial charge < -0.3 is 4.90 Å². The second-order valence-corrected chi connectivity index (χ2v) is 5.85. The first-order valence-corrected chi connectivity index (χ1v) is 7.35. The van der Waals surface area contributed by atoms with Crippen LogP contribution in [0.4, 0.5) is 10.2 Å². The Morgan fingerprint density at radius 3 is 2.65 bits per heavy atom. The van der Waals surface area contributed by atoms with E-state index in [0.717, 1.165) is 37.4 Å². The number of nitrogens with zero attached hydrogens (tertiary/aromatic N) is 3. The lowest BCUT2D eigenvalue weighted by Crippen LogP contribution is -2.34. The van der Waals surface area contributed by atoms with Crippen LogP contribution in [0.1, 0.15) is 30.9 Å². The van der Waals surface area contributed by atoms with Crippen molar-refractivity contribution in [3.05, 3.63) is 17.8 Å². The molecule has 0 aromatic carbocycles. The average Bonchev–Trinajstić information content (AvgIpc) is 2.31. The van der Waals surface area contributed by atoms with Crippen molar-refractivity contribution < 1.29 is 4.39 Å². The molecule has 2 aliphatic rings. The van der Waals surface area contributed by atoms with E-state index < -0.39 is 0 Å². The van der Waals surface area contributed by atoms with Crippen LogP contribution in [0.3, 0.4) is 0 Å². The fourth-order valence-corrected chi connectivity index (χ4v) is 3.24. The average molecular weight is 253 g/mol. The summed E-state index contributed by atoms with van der Waals surface area (Å²) < 4.78 is 14.4. The van der Waals surface area contributed by atoms with Gasteiger partial charge in [-0.25, -0.2) is 14.4 Å². The predicted octanol–water partition coefficient (Wildman–Crippen LogP) is 2.44. The Hall–Kier alpha value is -0.840. The van der Waals surface area contributed by atoms with Gasteiger partial charge in [-0.2, -0.15) is 11.8 Å². The van der Waals surface area contributed by atoms with Crippen molar-refractivity contribution in [2.45, 2.75) is 25.2 Å². The van der Waals surface area contributed by atoms with Crippen LogP contribution < -0.4 is 4.90 Å². The monoisotopic (exact) mass is 253 g/mol. The van der Waals surface area contributed by atoms with Crippen molar-refractivity contribution in [3.63, 3.8) is 0 Å². The molecule has 0 atom stereocenters. The van der Waals surface area contributed by atoms with Crippen LogP contribution >= 0.6 is 11.8 Å². The molecular weight excluding hydrogens is 237 g/mol. The minimum atomic E-state index is -0.177. The van der Waals surface area contributed by atoms with Crippen molar-refractivity contribution in [2.24, 2.45) is 0 Å². The van der Waals surface area contributed by atoms with Crippen LogP contribution in [0.5, 0.6) is 0 Å². The molecule has 5 heteroatoms. The third kappa shape index (κ3) is 2.12. The second-order valence-electron chi connectivity index (χ2n) is 4.62. The zero-order valence-electron chi connectivity index (χ0n) is 9.73. The van der Waals surface area contributed by atoms with Crippen LogP contribution in [0.25, 0.3) is 0 Å². The molecule has 3 rings (SSSR count). The van der Waals surface area contributed by atoms with E-state index in [2.05, 4.69) is 14.9 Å². The van der Waals surface area contributed by atoms with Crippen molar-refractivity contribution in [1.82, 2.24) is 9.97 Å². The maximum absolute atomic E-state index is 14.4. The number of hydrogen-bond acceptors (Lipinski definition) is 4. The normalized spacial score (nSPS) is 21.4. The Morgan fingerprint density at radius 2 is 2.00 bits per heavy atom. The molecule has 1 aliphatic carbocycles. The summed E-state index contributed by atoms with van der Waals surface area (Å²) in [5.41, 5.74) is 0.638. The molecule has 0 amide bonds. The van der Waals surface area contributed by atoms with Crippen molar-refractivity contribution >= 4 is 17.6 Å². The number of anilines is 1. The lowest BCUT2D eigenvalue weighted by atomic mass is 9.82. The summed E-state index contributed by atoms with van der Waals surface area (Å²) in [7, 11) is 0. The van der Waals surface area contributed by atoms with Gasteiger partial charge in [0.25, 0.3) is 0 Å². The molecule has 1 aliphatic heterocycles. The molecule has 1 aromatic heterocycles. The minimum absolute atomic E-state index is 0.177. The van der Waals surface area contributed by atoms with Gasteiger partial charge in [0.05, 0.1) is 5.69 Å². The molecule has 0 spiro atoms. The summed E-state index contributed by atoms with van der Waals surface area (Å²) in [5, 5.41) is 0. The van der Waals surface area contributed by atoms with E-state index in [4.69, 9.17) is 0 Å². The van der Waals surface area contributed by atoms with Crippen molar-refractivity contribution in [2.75, 3.05) is 29.5 Å². The number of hydrogen-bond donors (Lipinski definition) is 0. The quantitative estimate of drug-likeness (QED) is 0.809. The van der Waals surface area contributed by atoms with Gasteiger partial charge in [0, 0.05) is 30.5 Å². The zero-order chi connectivity index (χ0) is 11.7. The lowest BCUT2D eigenvalue weighted by molar-refractivity contribution is 0.392. The Labute approximate surface area is 105 Å². The number of halogens is 1. The highest BCUT2D eigenvalue weighted by molar-refractivity contribution is 7.99. The Bertz CT molecular complexity index is 403. The van der Waals surface area contributed by atoms with Gasteiger partial charge in [-0.05, 0) is 12.8 Å². The fourth-order valence-electron chi connectivity index (χ4n) is 2.34. The van der Waals surface area contributed by atoms with Crippen LogP contribution in [-0.2, 0) is 0 Å². The van der Waals surface area contributed by atoms with Gasteiger partial charge >= 0.3 is 0 Å². The third-order valence-corrected chi connectivity index (χ3v) is 4.54. The maximum atomic E-state index is 14.4. The molecule has 17 heavy (non-hydrogen) atoms. The first-order valence-electron chi connectivity index (χ1n) is 6.19. The van der Waals surface area contributed by atoms with E-state index in [1.807, 2.05) is 11.8 Å². The smallest absolute Gasteiger partial charge is 0.187 e. The van der Waals surface area contributed by atoms with Gasteiger partial charge in [-0.1, -0.05) is 6.42 Å². The van der Waals surface area contributed by atoms with Crippen LogP contribution in [0.2, 0.25) is 0 Å². The van der Waals surface area contributed by atoms with E-state index in [1.54, 1.807) is 0 Å². The molecule has 0 radical (unpaired) electrons. The fraction of sp³-hybridized carbons (Fsp3) is 0.667. The summed E-state index contributed by atoms with van der Waals surface area (Å²) >= 11 is 1.92. The first-order chi connectivity index (χ1) is 8.36. The third-order valence-electron chi connectivity index (χ3n) is 3.60. The number of thioether (sulfide) groups is 1. The summed E-state index contributed by atoms with van der Waals surface area (Å²) in [6, 6.07) is 0. The first kappa shape index (κ1) is 11.3. The predicted molar refractivity (Wildman–Crippen MR) is 68.1 cm³/mol. The summed E-state index contributed by atoms with van der Waals surface area (Å²) in [5.74, 6) is 2.78. The number of rotatable bonds is 2. The van der Waals surface area contributed by atoms with Crippen LogP contribution in [0, 0.1) is 5.82 Å². The summed E-state index contributed by atoms with van der Waals surface area (Å²) in [6.07, 6.45) is 4.87. The lowest BCUT2D eigenvalue weighted by Gasteiger charge is -2.30. The summed E-state index contributed by atoms with van der Waals surface area (Å²) in [4.78, 5) is 10.3. The Kier molecular flexibility index (Phi) is 3.18. The van der Waals surface area contributed by atoms with Crippen molar-refractivity contribution in [1.29, 1.82) is 0 Å². The highest BCUT2D eigenvalue weighted by Gasteiger charge is 2.27. The molecule has 0 bridgehead atoms. The molecule has 2 heterocycles.